The van der Waals surface area contributed by atoms with Crippen LogP contribution in [0, 0.1) is 12.8 Å². The van der Waals surface area contributed by atoms with Gasteiger partial charge in [0.15, 0.2) is 5.96 Å². The molecule has 140 valence electrons. The van der Waals surface area contributed by atoms with Gasteiger partial charge in [-0.1, -0.05) is 24.6 Å². The highest BCUT2D eigenvalue weighted by molar-refractivity contribution is 14.0. The molecule has 0 bridgehead atoms. The molecule has 1 amide bonds. The number of nitrogens with one attached hydrogen (secondary N) is 2. The van der Waals surface area contributed by atoms with Crippen LogP contribution in [0.15, 0.2) is 23.2 Å². The first-order valence-electron chi connectivity index (χ1n) is 8.51. The maximum absolute atomic E-state index is 12.1. The second-order valence-corrected chi connectivity index (χ2v) is 6.79. The lowest BCUT2D eigenvalue weighted by molar-refractivity contribution is -0.116. The quantitative estimate of drug-likeness (QED) is 0.392. The lowest BCUT2D eigenvalue weighted by atomic mass is 10.0. The van der Waals surface area contributed by atoms with E-state index in [1.165, 1.54) is 12.8 Å². The van der Waals surface area contributed by atoms with Crippen LogP contribution in [0.4, 0.5) is 5.69 Å². The molecule has 0 aromatic heterocycles. The lowest BCUT2D eigenvalue weighted by Gasteiger charge is -2.33. The number of guanidine groups is 1. The van der Waals surface area contributed by atoms with Crippen LogP contribution < -0.4 is 10.6 Å². The largest absolute Gasteiger partial charge is 0.356 e. The minimum absolute atomic E-state index is 0. The summed E-state index contributed by atoms with van der Waals surface area (Å²) in [6.45, 7) is 6.77. The van der Waals surface area contributed by atoms with E-state index >= 15 is 0 Å². The zero-order valence-electron chi connectivity index (χ0n) is 15.1. The molecule has 1 unspecified atom stereocenters. The van der Waals surface area contributed by atoms with E-state index in [-0.39, 0.29) is 29.9 Å². The van der Waals surface area contributed by atoms with E-state index in [0.717, 1.165) is 30.3 Å². The number of halogens is 2. The average molecular weight is 479 g/mol. The molecule has 0 radical (unpaired) electrons. The summed E-state index contributed by atoms with van der Waals surface area (Å²) in [6.07, 6.45) is 2.85. The molecule has 1 fully saturated rings. The number of likely N-dealkylation sites (tertiary alicyclic amines) is 1. The summed E-state index contributed by atoms with van der Waals surface area (Å²) >= 11 is 6.07. The first-order valence-corrected chi connectivity index (χ1v) is 8.89. The van der Waals surface area contributed by atoms with Gasteiger partial charge in [0.05, 0.1) is 0 Å². The van der Waals surface area contributed by atoms with Crippen molar-refractivity contribution in [3.8, 4) is 0 Å². The summed E-state index contributed by atoms with van der Waals surface area (Å²) in [4.78, 5) is 18.7. The van der Waals surface area contributed by atoms with Gasteiger partial charge in [-0.05, 0) is 43.4 Å². The van der Waals surface area contributed by atoms with Gasteiger partial charge in [0.25, 0.3) is 0 Å². The third-order valence-corrected chi connectivity index (χ3v) is 4.75. The molecule has 1 heterocycles. The Balaban J connectivity index is 0.00000312. The fraction of sp³-hybridized carbons (Fsp3) is 0.556. The van der Waals surface area contributed by atoms with Crippen LogP contribution in [0.2, 0.25) is 5.02 Å². The van der Waals surface area contributed by atoms with Gasteiger partial charge in [-0.3, -0.25) is 9.79 Å². The number of carbonyl (C=O) groups is 1. The number of nitrogens with zero attached hydrogens (tertiary/aromatic N) is 2. The van der Waals surface area contributed by atoms with Crippen molar-refractivity contribution in [1.82, 2.24) is 10.2 Å². The SMILES string of the molecule is CN=C(NCCC(=O)Nc1cccc(Cl)c1C)N1CCCC(C)C1.I. The Labute approximate surface area is 172 Å². The summed E-state index contributed by atoms with van der Waals surface area (Å²) in [5.41, 5.74) is 1.65. The van der Waals surface area contributed by atoms with Crippen molar-refractivity contribution in [2.45, 2.75) is 33.1 Å². The molecule has 1 saturated heterocycles. The van der Waals surface area contributed by atoms with Gasteiger partial charge in [-0.25, -0.2) is 0 Å². The Kier molecular flexibility index (Phi) is 9.56. The topological polar surface area (TPSA) is 56.7 Å². The molecule has 1 atom stereocenters. The molecule has 1 aromatic carbocycles. The van der Waals surface area contributed by atoms with Gasteiger partial charge in [0.2, 0.25) is 5.91 Å². The van der Waals surface area contributed by atoms with Crippen molar-refractivity contribution in [3.05, 3.63) is 28.8 Å². The van der Waals surface area contributed by atoms with E-state index in [1.807, 2.05) is 25.1 Å². The number of hydrogen-bond donors (Lipinski definition) is 2. The molecule has 7 heteroatoms. The fourth-order valence-corrected chi connectivity index (χ4v) is 3.13. The van der Waals surface area contributed by atoms with E-state index in [0.29, 0.717) is 23.9 Å². The van der Waals surface area contributed by atoms with Gasteiger partial charge < -0.3 is 15.5 Å². The number of amides is 1. The summed E-state index contributed by atoms with van der Waals surface area (Å²) < 4.78 is 0. The monoisotopic (exact) mass is 478 g/mol. The van der Waals surface area contributed by atoms with E-state index in [4.69, 9.17) is 11.6 Å². The molecule has 2 N–H and O–H groups in total. The number of carbonyl (C=O) groups excluding carboxylic acids is 1. The Morgan fingerprint density at radius 3 is 2.88 bits per heavy atom. The Hall–Kier alpha value is -1.02. The van der Waals surface area contributed by atoms with Crippen LogP contribution in [-0.4, -0.2) is 43.4 Å². The predicted molar refractivity (Wildman–Crippen MR) is 116 cm³/mol. The predicted octanol–water partition coefficient (Wildman–Crippen LogP) is 3.90. The zero-order valence-corrected chi connectivity index (χ0v) is 18.2. The van der Waals surface area contributed by atoms with Crippen molar-refractivity contribution >= 4 is 53.1 Å². The van der Waals surface area contributed by atoms with Gasteiger partial charge in [0.1, 0.15) is 0 Å². The third-order valence-electron chi connectivity index (χ3n) is 4.35. The minimum atomic E-state index is -0.0321. The number of anilines is 1. The van der Waals surface area contributed by atoms with Gasteiger partial charge in [0, 0.05) is 43.8 Å². The fourth-order valence-electron chi connectivity index (χ4n) is 2.96. The molecule has 2 rings (SSSR count). The first-order chi connectivity index (χ1) is 11.5. The summed E-state index contributed by atoms with van der Waals surface area (Å²) in [7, 11) is 1.79. The Bertz CT molecular complexity index is 609. The molecular weight excluding hydrogens is 451 g/mol. The minimum Gasteiger partial charge on any atom is -0.356 e. The molecule has 0 aliphatic carbocycles. The molecule has 1 aliphatic heterocycles. The third kappa shape index (κ3) is 6.66. The maximum Gasteiger partial charge on any atom is 0.226 e. The van der Waals surface area contributed by atoms with Crippen molar-refractivity contribution in [3.63, 3.8) is 0 Å². The Morgan fingerprint density at radius 1 is 1.44 bits per heavy atom. The van der Waals surface area contributed by atoms with E-state index in [9.17, 15) is 4.79 Å². The van der Waals surface area contributed by atoms with Crippen LogP contribution in [0.1, 0.15) is 31.7 Å². The summed E-state index contributed by atoms with van der Waals surface area (Å²) in [5, 5.41) is 6.86. The van der Waals surface area contributed by atoms with Crippen molar-refractivity contribution in [2.24, 2.45) is 10.9 Å². The molecule has 1 aromatic rings. The van der Waals surface area contributed by atoms with Gasteiger partial charge in [-0.2, -0.15) is 0 Å². The van der Waals surface area contributed by atoms with Crippen molar-refractivity contribution in [1.29, 1.82) is 0 Å². The standard InChI is InChI=1S/C18H27ClN4O.HI/c1-13-6-5-11-23(12-13)18(20-3)21-10-9-17(24)22-16-8-4-7-15(19)14(16)2;/h4,7-8,13H,5-6,9-12H2,1-3H3,(H,20,21)(H,22,24);1H. The molecule has 25 heavy (non-hydrogen) atoms. The molecule has 1 aliphatic rings. The second kappa shape index (κ2) is 10.9. The Morgan fingerprint density at radius 2 is 2.20 bits per heavy atom. The van der Waals surface area contributed by atoms with Crippen LogP contribution in [0.5, 0.6) is 0 Å². The van der Waals surface area contributed by atoms with Crippen molar-refractivity contribution in [2.75, 3.05) is 32.0 Å². The normalized spacial score (nSPS) is 17.7. The number of hydrogen-bond acceptors (Lipinski definition) is 2. The molecule has 0 saturated carbocycles. The van der Waals surface area contributed by atoms with Crippen molar-refractivity contribution < 1.29 is 4.79 Å². The number of aliphatic imine (C=N–C) groups is 1. The number of benzene rings is 1. The van der Waals surface area contributed by atoms with E-state index in [1.54, 1.807) is 7.05 Å². The highest BCUT2D eigenvalue weighted by Crippen LogP contribution is 2.22. The molecule has 0 spiro atoms. The smallest absolute Gasteiger partial charge is 0.226 e. The van der Waals surface area contributed by atoms with Crippen LogP contribution in [-0.2, 0) is 4.79 Å². The maximum atomic E-state index is 12.1. The second-order valence-electron chi connectivity index (χ2n) is 6.38. The highest BCUT2D eigenvalue weighted by atomic mass is 127. The lowest BCUT2D eigenvalue weighted by Crippen LogP contribution is -2.46. The molecular formula is C18H28ClIN4O. The van der Waals surface area contributed by atoms with E-state index in [2.05, 4.69) is 27.4 Å². The van der Waals surface area contributed by atoms with Gasteiger partial charge in [-0.15, -0.1) is 24.0 Å². The summed E-state index contributed by atoms with van der Waals surface area (Å²) in [5.74, 6) is 1.54. The highest BCUT2D eigenvalue weighted by Gasteiger charge is 2.19. The van der Waals surface area contributed by atoms with E-state index < -0.39 is 0 Å². The number of piperidine rings is 1. The molecule has 5 nitrogen and oxygen atoms in total. The van der Waals surface area contributed by atoms with Crippen LogP contribution >= 0.6 is 35.6 Å². The average Bonchev–Trinajstić information content (AvgIpc) is 2.56. The van der Waals surface area contributed by atoms with Crippen LogP contribution in [0.25, 0.3) is 0 Å². The zero-order chi connectivity index (χ0) is 17.5. The van der Waals surface area contributed by atoms with Crippen LogP contribution in [0.3, 0.4) is 0 Å². The van der Waals surface area contributed by atoms with Gasteiger partial charge >= 0.3 is 0 Å². The number of rotatable bonds is 4. The first kappa shape index (κ1) is 22.0. The summed E-state index contributed by atoms with van der Waals surface area (Å²) in [6, 6.07) is 5.51.